The lowest BCUT2D eigenvalue weighted by atomic mass is 9.89. The summed E-state index contributed by atoms with van der Waals surface area (Å²) in [6, 6.07) is 0. The molecule has 0 saturated heterocycles. The highest BCUT2D eigenvalue weighted by Gasteiger charge is 2.31. The van der Waals surface area contributed by atoms with E-state index in [4.69, 9.17) is 11.6 Å². The number of aliphatic hydroxyl groups is 1. The van der Waals surface area contributed by atoms with Crippen LogP contribution in [0.3, 0.4) is 0 Å². The van der Waals surface area contributed by atoms with Gasteiger partial charge in [0.05, 0.1) is 11.0 Å². The van der Waals surface area contributed by atoms with Crippen molar-refractivity contribution >= 4 is 11.6 Å². The molecule has 0 heterocycles. The maximum atomic E-state index is 10.2. The quantitative estimate of drug-likeness (QED) is 0.121. The standard InChI is InChI=1S/C27H55ClO.H3N/c1-4-6-8-10-12-14-16-18-20-22-24-27(28,26(3)29)25-23-21-19-17-15-13-11-9-7-5-2;/h26,29H,4-25H2,1-3H3;1H3. The zero-order valence-electron chi connectivity index (χ0n) is 21.2. The van der Waals surface area contributed by atoms with Crippen LogP contribution >= 0.6 is 11.6 Å². The Hall–Kier alpha value is 0.210. The Morgan fingerprint density at radius 1 is 0.533 bits per heavy atom. The van der Waals surface area contributed by atoms with Gasteiger partial charge in [-0.25, -0.2) is 0 Å². The van der Waals surface area contributed by atoms with Gasteiger partial charge in [-0.05, 0) is 19.8 Å². The fourth-order valence-corrected chi connectivity index (χ4v) is 4.62. The van der Waals surface area contributed by atoms with Crippen molar-refractivity contribution in [3.8, 4) is 0 Å². The molecule has 0 rings (SSSR count). The Kier molecular flexibility index (Phi) is 25.8. The zero-order chi connectivity index (χ0) is 21.6. The molecular weight excluding hydrogens is 390 g/mol. The minimum atomic E-state index is -0.402. The molecule has 0 aromatic heterocycles. The molecule has 0 spiro atoms. The number of unbranched alkanes of at least 4 members (excludes halogenated alkanes) is 18. The Labute approximate surface area is 195 Å². The highest BCUT2D eigenvalue weighted by atomic mass is 35.5. The van der Waals surface area contributed by atoms with Gasteiger partial charge in [0.25, 0.3) is 0 Å². The average Bonchev–Trinajstić information content (AvgIpc) is 2.70. The third-order valence-electron chi connectivity index (χ3n) is 6.64. The van der Waals surface area contributed by atoms with Crippen molar-refractivity contribution in [1.29, 1.82) is 0 Å². The van der Waals surface area contributed by atoms with E-state index in [0.717, 1.165) is 12.8 Å². The highest BCUT2D eigenvalue weighted by molar-refractivity contribution is 6.24. The third kappa shape index (κ3) is 20.1. The first-order valence-electron chi connectivity index (χ1n) is 13.4. The second-order valence-electron chi connectivity index (χ2n) is 9.57. The van der Waals surface area contributed by atoms with Gasteiger partial charge < -0.3 is 11.3 Å². The summed E-state index contributed by atoms with van der Waals surface area (Å²) in [5, 5.41) is 10.2. The van der Waals surface area contributed by atoms with Gasteiger partial charge in [0, 0.05) is 0 Å². The maximum absolute atomic E-state index is 10.2. The molecule has 0 aliphatic carbocycles. The highest BCUT2D eigenvalue weighted by Crippen LogP contribution is 2.33. The fourth-order valence-electron chi connectivity index (χ4n) is 4.36. The third-order valence-corrected chi connectivity index (χ3v) is 7.33. The molecule has 3 heteroatoms. The van der Waals surface area contributed by atoms with E-state index in [9.17, 15) is 5.11 Å². The Morgan fingerprint density at radius 3 is 1.00 bits per heavy atom. The Bertz CT molecular complexity index is 298. The van der Waals surface area contributed by atoms with Crippen LogP contribution in [0.4, 0.5) is 0 Å². The first-order valence-corrected chi connectivity index (χ1v) is 13.8. The number of halogens is 1. The molecular formula is C27H58ClNO. The second kappa shape index (κ2) is 23.9. The van der Waals surface area contributed by atoms with E-state index in [1.807, 2.05) is 6.92 Å². The molecule has 0 aromatic carbocycles. The van der Waals surface area contributed by atoms with Crippen molar-refractivity contribution in [3.05, 3.63) is 0 Å². The first-order chi connectivity index (χ1) is 14.1. The Balaban J connectivity index is 0. The predicted octanol–water partition coefficient (Wildman–Crippen LogP) is 10.1. The molecule has 2 nitrogen and oxygen atoms in total. The monoisotopic (exact) mass is 447 g/mol. The SMILES string of the molecule is CCCCCCCCCCCCC(Cl)(CCCCCCCCCCCC)C(C)O.N. The summed E-state index contributed by atoms with van der Waals surface area (Å²) in [5.41, 5.74) is 0. The van der Waals surface area contributed by atoms with Crippen molar-refractivity contribution in [3.63, 3.8) is 0 Å². The van der Waals surface area contributed by atoms with E-state index in [-0.39, 0.29) is 11.0 Å². The van der Waals surface area contributed by atoms with E-state index < -0.39 is 6.10 Å². The van der Waals surface area contributed by atoms with Gasteiger partial charge in [-0.1, -0.05) is 142 Å². The molecule has 0 aliphatic heterocycles. The van der Waals surface area contributed by atoms with Crippen LogP contribution in [0.2, 0.25) is 0 Å². The van der Waals surface area contributed by atoms with Crippen LogP contribution in [0.5, 0.6) is 0 Å². The number of rotatable bonds is 23. The molecule has 30 heavy (non-hydrogen) atoms. The minimum Gasteiger partial charge on any atom is -0.392 e. The minimum absolute atomic E-state index is 0. The summed E-state index contributed by atoms with van der Waals surface area (Å²) < 4.78 is 0. The van der Waals surface area contributed by atoms with Crippen LogP contribution in [0.25, 0.3) is 0 Å². The van der Waals surface area contributed by atoms with Crippen molar-refractivity contribution in [2.45, 2.75) is 173 Å². The lowest BCUT2D eigenvalue weighted by Gasteiger charge is -2.30. The normalized spacial score (nSPS) is 12.7. The molecule has 0 saturated carbocycles. The molecule has 0 aliphatic rings. The molecule has 0 aromatic rings. The summed E-state index contributed by atoms with van der Waals surface area (Å²) >= 11 is 6.85. The molecule has 0 amide bonds. The van der Waals surface area contributed by atoms with Crippen LogP contribution in [0.1, 0.15) is 162 Å². The molecule has 4 N–H and O–H groups in total. The lowest BCUT2D eigenvalue weighted by Crippen LogP contribution is -2.34. The van der Waals surface area contributed by atoms with Crippen molar-refractivity contribution in [2.75, 3.05) is 0 Å². The van der Waals surface area contributed by atoms with Crippen molar-refractivity contribution in [1.82, 2.24) is 6.15 Å². The van der Waals surface area contributed by atoms with E-state index >= 15 is 0 Å². The number of alkyl halides is 1. The molecule has 0 radical (unpaired) electrons. The maximum Gasteiger partial charge on any atom is 0.0703 e. The van der Waals surface area contributed by atoms with Crippen LogP contribution in [0, 0.1) is 0 Å². The fraction of sp³-hybridized carbons (Fsp3) is 1.00. The summed E-state index contributed by atoms with van der Waals surface area (Å²) in [5.74, 6) is 0. The van der Waals surface area contributed by atoms with E-state index in [2.05, 4.69) is 13.8 Å². The van der Waals surface area contributed by atoms with Gasteiger partial charge in [0.15, 0.2) is 0 Å². The molecule has 0 bridgehead atoms. The van der Waals surface area contributed by atoms with E-state index in [1.165, 1.54) is 128 Å². The average molecular weight is 448 g/mol. The van der Waals surface area contributed by atoms with E-state index in [1.54, 1.807) is 0 Å². The first kappa shape index (κ1) is 32.4. The summed E-state index contributed by atoms with van der Waals surface area (Å²) in [7, 11) is 0. The van der Waals surface area contributed by atoms with Crippen molar-refractivity contribution < 1.29 is 5.11 Å². The van der Waals surface area contributed by atoms with Gasteiger partial charge in [-0.15, -0.1) is 11.6 Å². The van der Waals surface area contributed by atoms with Crippen LogP contribution in [-0.4, -0.2) is 16.1 Å². The molecule has 184 valence electrons. The summed E-state index contributed by atoms with van der Waals surface area (Å²) in [6.07, 6.45) is 28.6. The summed E-state index contributed by atoms with van der Waals surface area (Å²) in [6.45, 7) is 6.45. The zero-order valence-corrected chi connectivity index (χ0v) is 21.9. The predicted molar refractivity (Wildman–Crippen MR) is 138 cm³/mol. The number of hydrogen-bond donors (Lipinski definition) is 2. The smallest absolute Gasteiger partial charge is 0.0703 e. The Morgan fingerprint density at radius 2 is 0.767 bits per heavy atom. The van der Waals surface area contributed by atoms with Gasteiger partial charge in [-0.3, -0.25) is 0 Å². The van der Waals surface area contributed by atoms with Gasteiger partial charge >= 0.3 is 0 Å². The van der Waals surface area contributed by atoms with Crippen LogP contribution in [0.15, 0.2) is 0 Å². The number of aliphatic hydroxyl groups excluding tert-OH is 1. The van der Waals surface area contributed by atoms with Gasteiger partial charge in [0.2, 0.25) is 0 Å². The van der Waals surface area contributed by atoms with Gasteiger partial charge in [0.1, 0.15) is 0 Å². The van der Waals surface area contributed by atoms with Crippen molar-refractivity contribution in [2.24, 2.45) is 0 Å². The van der Waals surface area contributed by atoms with Gasteiger partial charge in [-0.2, -0.15) is 0 Å². The van der Waals surface area contributed by atoms with Crippen LogP contribution in [-0.2, 0) is 0 Å². The van der Waals surface area contributed by atoms with E-state index in [0.29, 0.717) is 0 Å². The molecule has 0 fully saturated rings. The molecule has 1 unspecified atom stereocenters. The lowest BCUT2D eigenvalue weighted by molar-refractivity contribution is 0.128. The topological polar surface area (TPSA) is 55.2 Å². The second-order valence-corrected chi connectivity index (χ2v) is 10.3. The largest absolute Gasteiger partial charge is 0.392 e. The number of hydrogen-bond acceptors (Lipinski definition) is 2. The van der Waals surface area contributed by atoms with Crippen LogP contribution < -0.4 is 6.15 Å². The summed E-state index contributed by atoms with van der Waals surface area (Å²) in [4.78, 5) is -0.389. The molecule has 1 atom stereocenters.